The van der Waals surface area contributed by atoms with Gasteiger partial charge in [-0.25, -0.2) is 9.78 Å². The number of hydrogen-bond donors (Lipinski definition) is 0. The number of benzene rings is 2. The highest BCUT2D eigenvalue weighted by Gasteiger charge is 2.17. The van der Waals surface area contributed by atoms with Gasteiger partial charge < -0.3 is 4.74 Å². The zero-order chi connectivity index (χ0) is 17.6. The number of nitrogens with zero attached hydrogens (tertiary/aromatic N) is 2. The summed E-state index contributed by atoms with van der Waals surface area (Å²) in [5.41, 5.74) is 3.86. The molecule has 0 fully saturated rings. The second kappa shape index (κ2) is 6.06. The van der Waals surface area contributed by atoms with E-state index >= 15 is 0 Å². The summed E-state index contributed by atoms with van der Waals surface area (Å²) in [6, 6.07) is 15.1. The maximum Gasteiger partial charge on any atom is 0.356 e. The average molecular weight is 371 g/mol. The normalized spacial score (nSPS) is 11.2. The molecule has 0 amide bonds. The Hall–Kier alpha value is -2.56. The fraction of sp³-hybridized carbons (Fsp3) is 0.0526. The number of aromatic nitrogens is 2. The first-order valence-corrected chi connectivity index (χ1v) is 8.27. The molecule has 124 valence electrons. The Kier molecular flexibility index (Phi) is 3.86. The van der Waals surface area contributed by atoms with Gasteiger partial charge in [-0.3, -0.25) is 4.40 Å². The summed E-state index contributed by atoms with van der Waals surface area (Å²) < 4.78 is 6.73. The fourth-order valence-corrected chi connectivity index (χ4v) is 3.58. The second-order valence-corrected chi connectivity index (χ2v) is 6.44. The number of carbonyl (C=O) groups excluding carboxylic acids is 1. The van der Waals surface area contributed by atoms with E-state index in [-0.39, 0.29) is 5.69 Å². The molecule has 4 rings (SSSR count). The Morgan fingerprint density at radius 2 is 1.76 bits per heavy atom. The van der Waals surface area contributed by atoms with Crippen molar-refractivity contribution in [3.05, 3.63) is 70.6 Å². The number of fused-ring (bicyclic) bond motifs is 3. The number of halogens is 2. The van der Waals surface area contributed by atoms with Crippen molar-refractivity contribution in [1.29, 1.82) is 0 Å². The quantitative estimate of drug-likeness (QED) is 0.452. The number of methoxy groups -OCH3 is 1. The van der Waals surface area contributed by atoms with E-state index in [0.717, 1.165) is 27.5 Å². The molecule has 6 heteroatoms. The molecule has 0 aliphatic carbocycles. The first-order valence-electron chi connectivity index (χ1n) is 7.52. The standard InChI is InChI=1S/C19H12Cl2N2O2/c1-25-19(24)15-9-17-18(11-6-12(20)8-13(21)7-11)14-4-2-3-5-16(14)23(17)10-22-15/h2-10H,1H3. The van der Waals surface area contributed by atoms with E-state index in [4.69, 9.17) is 27.9 Å². The first-order chi connectivity index (χ1) is 12.1. The van der Waals surface area contributed by atoms with Crippen molar-refractivity contribution in [3.8, 4) is 11.1 Å². The lowest BCUT2D eigenvalue weighted by molar-refractivity contribution is 0.0594. The lowest BCUT2D eigenvalue weighted by atomic mass is 10.0. The largest absolute Gasteiger partial charge is 0.464 e. The predicted octanol–water partition coefficient (Wildman–Crippen LogP) is 5.25. The summed E-state index contributed by atoms with van der Waals surface area (Å²) in [6.07, 6.45) is 1.62. The van der Waals surface area contributed by atoms with Crippen LogP contribution in [0.15, 0.2) is 54.9 Å². The molecule has 0 N–H and O–H groups in total. The highest BCUT2D eigenvalue weighted by molar-refractivity contribution is 6.35. The third-order valence-electron chi connectivity index (χ3n) is 4.08. The summed E-state index contributed by atoms with van der Waals surface area (Å²) in [5.74, 6) is -0.483. The molecule has 2 heterocycles. The van der Waals surface area contributed by atoms with E-state index in [1.54, 1.807) is 18.5 Å². The first kappa shape index (κ1) is 15.9. The van der Waals surface area contributed by atoms with E-state index in [0.29, 0.717) is 10.0 Å². The summed E-state index contributed by atoms with van der Waals surface area (Å²) in [7, 11) is 1.33. The van der Waals surface area contributed by atoms with Gasteiger partial charge >= 0.3 is 5.97 Å². The van der Waals surface area contributed by atoms with Gasteiger partial charge in [0.15, 0.2) is 5.69 Å². The highest BCUT2D eigenvalue weighted by Crippen LogP contribution is 2.37. The van der Waals surface area contributed by atoms with Crippen LogP contribution in [0.1, 0.15) is 10.5 Å². The Labute approximate surface area is 153 Å². The molecule has 25 heavy (non-hydrogen) atoms. The average Bonchev–Trinajstić information content (AvgIpc) is 2.93. The second-order valence-electron chi connectivity index (χ2n) is 5.57. The molecule has 0 aliphatic heterocycles. The summed E-state index contributed by atoms with van der Waals surface area (Å²) >= 11 is 12.4. The molecular formula is C19H12Cl2N2O2. The molecule has 0 unspecified atom stereocenters. The smallest absolute Gasteiger partial charge is 0.356 e. The number of carbonyl (C=O) groups is 1. The number of para-hydroxylation sites is 1. The minimum absolute atomic E-state index is 0.243. The summed E-state index contributed by atoms with van der Waals surface area (Å²) in [5, 5.41) is 2.12. The Balaban J connectivity index is 2.13. The molecule has 0 spiro atoms. The van der Waals surface area contributed by atoms with Crippen molar-refractivity contribution in [2.45, 2.75) is 0 Å². The summed E-state index contributed by atoms with van der Waals surface area (Å²) in [6.45, 7) is 0. The maximum absolute atomic E-state index is 11.9. The molecule has 0 radical (unpaired) electrons. The van der Waals surface area contributed by atoms with Gasteiger partial charge in [0.05, 0.1) is 18.1 Å². The van der Waals surface area contributed by atoms with Gasteiger partial charge in [0, 0.05) is 21.0 Å². The zero-order valence-corrected chi connectivity index (χ0v) is 14.7. The Morgan fingerprint density at radius 1 is 1.04 bits per heavy atom. The van der Waals surface area contributed by atoms with Crippen molar-refractivity contribution in [2.24, 2.45) is 0 Å². The fourth-order valence-electron chi connectivity index (χ4n) is 3.05. The van der Waals surface area contributed by atoms with Crippen molar-refractivity contribution >= 4 is 45.6 Å². The number of hydrogen-bond acceptors (Lipinski definition) is 3. The van der Waals surface area contributed by atoms with E-state index < -0.39 is 5.97 Å². The molecule has 0 aliphatic rings. The molecule has 2 aromatic carbocycles. The lowest BCUT2D eigenvalue weighted by Crippen LogP contribution is -2.05. The van der Waals surface area contributed by atoms with Gasteiger partial charge in [0.25, 0.3) is 0 Å². The van der Waals surface area contributed by atoms with Crippen LogP contribution in [0.2, 0.25) is 10.0 Å². The van der Waals surface area contributed by atoms with Crippen LogP contribution in [0.5, 0.6) is 0 Å². The van der Waals surface area contributed by atoms with Crippen molar-refractivity contribution in [3.63, 3.8) is 0 Å². The van der Waals surface area contributed by atoms with E-state index in [2.05, 4.69) is 4.98 Å². The number of esters is 1. The van der Waals surface area contributed by atoms with Crippen LogP contribution in [0.4, 0.5) is 0 Å². The number of rotatable bonds is 2. The SMILES string of the molecule is COC(=O)c1cc2c(-c3cc(Cl)cc(Cl)c3)c3ccccc3n2cn1. The molecule has 0 saturated carbocycles. The van der Waals surface area contributed by atoms with E-state index in [1.807, 2.05) is 40.8 Å². The monoisotopic (exact) mass is 370 g/mol. The molecule has 4 nitrogen and oxygen atoms in total. The molecule has 4 aromatic rings. The lowest BCUT2D eigenvalue weighted by Gasteiger charge is -2.05. The van der Waals surface area contributed by atoms with Gasteiger partial charge in [0.1, 0.15) is 6.33 Å². The Bertz CT molecular complexity index is 1110. The van der Waals surface area contributed by atoms with Crippen LogP contribution in [0.25, 0.3) is 27.5 Å². The third-order valence-corrected chi connectivity index (χ3v) is 4.52. The minimum Gasteiger partial charge on any atom is -0.464 e. The Morgan fingerprint density at radius 3 is 2.48 bits per heavy atom. The van der Waals surface area contributed by atoms with Crippen LogP contribution >= 0.6 is 23.2 Å². The van der Waals surface area contributed by atoms with Gasteiger partial charge in [-0.15, -0.1) is 0 Å². The van der Waals surface area contributed by atoms with Crippen LogP contribution in [-0.2, 0) is 4.74 Å². The molecule has 2 aromatic heterocycles. The van der Waals surface area contributed by atoms with Crippen molar-refractivity contribution in [2.75, 3.05) is 7.11 Å². The van der Waals surface area contributed by atoms with Crippen molar-refractivity contribution < 1.29 is 9.53 Å². The van der Waals surface area contributed by atoms with Crippen LogP contribution < -0.4 is 0 Å². The van der Waals surface area contributed by atoms with E-state index in [9.17, 15) is 4.79 Å². The van der Waals surface area contributed by atoms with Gasteiger partial charge in [-0.1, -0.05) is 41.4 Å². The topological polar surface area (TPSA) is 43.6 Å². The van der Waals surface area contributed by atoms with Gasteiger partial charge in [0.2, 0.25) is 0 Å². The maximum atomic E-state index is 11.9. The van der Waals surface area contributed by atoms with Crippen LogP contribution in [0.3, 0.4) is 0 Å². The number of ether oxygens (including phenoxy) is 1. The van der Waals surface area contributed by atoms with Crippen molar-refractivity contribution in [1.82, 2.24) is 9.38 Å². The van der Waals surface area contributed by atoms with E-state index in [1.165, 1.54) is 7.11 Å². The van der Waals surface area contributed by atoms with Crippen LogP contribution in [0, 0.1) is 0 Å². The van der Waals surface area contributed by atoms with Gasteiger partial charge in [-0.2, -0.15) is 0 Å². The molecule has 0 bridgehead atoms. The minimum atomic E-state index is -0.483. The highest BCUT2D eigenvalue weighted by atomic mass is 35.5. The molecule has 0 saturated heterocycles. The third kappa shape index (κ3) is 2.64. The zero-order valence-electron chi connectivity index (χ0n) is 13.2. The predicted molar refractivity (Wildman–Crippen MR) is 99.5 cm³/mol. The summed E-state index contributed by atoms with van der Waals surface area (Å²) in [4.78, 5) is 16.1. The molecular weight excluding hydrogens is 359 g/mol. The van der Waals surface area contributed by atoms with Crippen LogP contribution in [-0.4, -0.2) is 22.5 Å². The molecule has 0 atom stereocenters. The van der Waals surface area contributed by atoms with Gasteiger partial charge in [-0.05, 0) is 35.9 Å².